The number of aromatic nitrogens is 2. The number of ether oxygens (including phenoxy) is 1. The number of aryl methyl sites for hydroxylation is 1. The molecule has 1 aromatic carbocycles. The molecule has 0 aliphatic carbocycles. The van der Waals surface area contributed by atoms with Crippen LogP contribution in [-0.4, -0.2) is 25.3 Å². The average Bonchev–Trinajstić information content (AvgIpc) is 3.24. The average molecular weight is 377 g/mol. The lowest BCUT2D eigenvalue weighted by molar-refractivity contribution is 0.417. The number of hydrogen-bond acceptors (Lipinski definition) is 5. The summed E-state index contributed by atoms with van der Waals surface area (Å²) in [5, 5.41) is 6.12. The molecule has 3 rings (SSSR count). The standard InChI is InChI=1S/C17H19N3O3S2/c1-3-10-20-15(8-9-18-20)13-11-17(24-12-13)25(21,22)19-14-6-4-5-7-16(14)23-2/h4-9,11-12,19H,3,10H2,1-2H3. The van der Waals surface area contributed by atoms with E-state index in [1.807, 2.05) is 16.1 Å². The Balaban J connectivity index is 1.89. The number of methoxy groups -OCH3 is 1. The lowest BCUT2D eigenvalue weighted by Gasteiger charge is -2.10. The second-order valence-electron chi connectivity index (χ2n) is 5.40. The molecule has 0 radical (unpaired) electrons. The van der Waals surface area contributed by atoms with Crippen LogP contribution in [0.25, 0.3) is 11.3 Å². The van der Waals surface area contributed by atoms with E-state index in [0.717, 1.165) is 24.2 Å². The third kappa shape index (κ3) is 3.69. The number of hydrogen-bond donors (Lipinski definition) is 1. The molecule has 2 heterocycles. The molecule has 0 spiro atoms. The monoisotopic (exact) mass is 377 g/mol. The van der Waals surface area contributed by atoms with E-state index in [1.165, 1.54) is 18.4 Å². The Kier molecular flexibility index (Phi) is 5.10. The highest BCUT2D eigenvalue weighted by Crippen LogP contribution is 2.31. The van der Waals surface area contributed by atoms with Gasteiger partial charge in [-0.25, -0.2) is 8.42 Å². The fourth-order valence-corrected chi connectivity index (χ4v) is 4.73. The maximum absolute atomic E-state index is 12.7. The molecule has 8 heteroatoms. The van der Waals surface area contributed by atoms with Crippen LogP contribution in [0.1, 0.15) is 13.3 Å². The zero-order valence-electron chi connectivity index (χ0n) is 14.0. The lowest BCUT2D eigenvalue weighted by Crippen LogP contribution is -2.12. The normalized spacial score (nSPS) is 11.4. The van der Waals surface area contributed by atoms with Crippen LogP contribution < -0.4 is 9.46 Å². The van der Waals surface area contributed by atoms with Crippen LogP contribution >= 0.6 is 11.3 Å². The predicted octanol–water partition coefficient (Wildman–Crippen LogP) is 3.83. The summed E-state index contributed by atoms with van der Waals surface area (Å²) in [6.07, 6.45) is 2.68. The summed E-state index contributed by atoms with van der Waals surface area (Å²) < 4.78 is 35.3. The summed E-state index contributed by atoms with van der Waals surface area (Å²) in [5.41, 5.74) is 2.17. The Labute approximate surface area is 151 Å². The highest BCUT2D eigenvalue weighted by Gasteiger charge is 2.20. The fraction of sp³-hybridized carbons (Fsp3) is 0.235. The van der Waals surface area contributed by atoms with E-state index in [-0.39, 0.29) is 4.21 Å². The van der Waals surface area contributed by atoms with Gasteiger partial charge in [-0.15, -0.1) is 11.3 Å². The minimum Gasteiger partial charge on any atom is -0.495 e. The van der Waals surface area contributed by atoms with E-state index in [9.17, 15) is 8.42 Å². The van der Waals surface area contributed by atoms with Crippen molar-refractivity contribution in [1.82, 2.24) is 9.78 Å². The van der Waals surface area contributed by atoms with Crippen molar-refractivity contribution in [3.05, 3.63) is 48.0 Å². The van der Waals surface area contributed by atoms with Gasteiger partial charge in [-0.3, -0.25) is 9.40 Å². The number of nitrogens with one attached hydrogen (secondary N) is 1. The molecule has 0 saturated carbocycles. The Morgan fingerprint density at radius 2 is 2.08 bits per heavy atom. The second kappa shape index (κ2) is 7.28. The molecule has 0 aliphatic heterocycles. The summed E-state index contributed by atoms with van der Waals surface area (Å²) in [6.45, 7) is 2.87. The fourth-order valence-electron chi connectivity index (χ4n) is 2.48. The number of sulfonamides is 1. The summed E-state index contributed by atoms with van der Waals surface area (Å²) in [5.74, 6) is 0.476. The maximum Gasteiger partial charge on any atom is 0.271 e. The SMILES string of the molecule is CCCn1nccc1-c1csc(S(=O)(=O)Nc2ccccc2OC)c1. The number of para-hydroxylation sites is 2. The van der Waals surface area contributed by atoms with Crippen LogP contribution in [0.2, 0.25) is 0 Å². The van der Waals surface area contributed by atoms with Crippen LogP contribution in [-0.2, 0) is 16.6 Å². The van der Waals surface area contributed by atoms with Gasteiger partial charge in [0.05, 0.1) is 18.5 Å². The molecule has 132 valence electrons. The molecule has 2 aromatic heterocycles. The molecule has 6 nitrogen and oxygen atoms in total. The minimum absolute atomic E-state index is 0.248. The zero-order chi connectivity index (χ0) is 17.9. The van der Waals surface area contributed by atoms with Gasteiger partial charge in [0, 0.05) is 23.7 Å². The summed E-state index contributed by atoms with van der Waals surface area (Å²) in [4.78, 5) is 0. The maximum atomic E-state index is 12.7. The Hall–Kier alpha value is -2.32. The molecule has 1 N–H and O–H groups in total. The van der Waals surface area contributed by atoms with Gasteiger partial charge in [0.25, 0.3) is 10.0 Å². The van der Waals surface area contributed by atoms with E-state index >= 15 is 0 Å². The largest absolute Gasteiger partial charge is 0.495 e. The van der Waals surface area contributed by atoms with Crippen LogP contribution in [0.5, 0.6) is 5.75 Å². The summed E-state index contributed by atoms with van der Waals surface area (Å²) in [6, 6.07) is 10.5. The van der Waals surface area contributed by atoms with E-state index in [1.54, 1.807) is 36.5 Å². The molecule has 0 fully saturated rings. The topological polar surface area (TPSA) is 73.2 Å². The quantitative estimate of drug-likeness (QED) is 0.679. The van der Waals surface area contributed by atoms with E-state index in [0.29, 0.717) is 11.4 Å². The van der Waals surface area contributed by atoms with E-state index < -0.39 is 10.0 Å². The predicted molar refractivity (Wildman–Crippen MR) is 99.6 cm³/mol. The van der Waals surface area contributed by atoms with Crippen LogP contribution in [0.15, 0.2) is 52.2 Å². The van der Waals surface area contributed by atoms with Crippen molar-refractivity contribution in [2.45, 2.75) is 24.1 Å². The Bertz CT molecular complexity index is 961. The zero-order valence-corrected chi connectivity index (χ0v) is 15.6. The van der Waals surface area contributed by atoms with Gasteiger partial charge in [0.1, 0.15) is 9.96 Å². The number of thiophene rings is 1. The van der Waals surface area contributed by atoms with Gasteiger partial charge in [-0.2, -0.15) is 5.10 Å². The summed E-state index contributed by atoms with van der Waals surface area (Å²) in [7, 11) is -2.18. The molecule has 0 bridgehead atoms. The van der Waals surface area contributed by atoms with Crippen molar-refractivity contribution >= 4 is 27.0 Å². The van der Waals surface area contributed by atoms with Crippen LogP contribution in [0.3, 0.4) is 0 Å². The van der Waals surface area contributed by atoms with E-state index in [4.69, 9.17) is 4.74 Å². The van der Waals surface area contributed by atoms with Crippen LogP contribution in [0.4, 0.5) is 5.69 Å². The lowest BCUT2D eigenvalue weighted by atomic mass is 10.2. The molecular weight excluding hydrogens is 358 g/mol. The molecule has 0 amide bonds. The van der Waals surface area contributed by atoms with Crippen LogP contribution in [0, 0.1) is 0 Å². The Morgan fingerprint density at radius 3 is 2.84 bits per heavy atom. The van der Waals surface area contributed by atoms with Crippen molar-refractivity contribution in [3.63, 3.8) is 0 Å². The van der Waals surface area contributed by atoms with Gasteiger partial charge in [0.15, 0.2) is 0 Å². The molecule has 0 unspecified atom stereocenters. The molecule has 0 atom stereocenters. The van der Waals surface area contributed by atoms with Crippen molar-refractivity contribution in [1.29, 1.82) is 0 Å². The van der Waals surface area contributed by atoms with E-state index in [2.05, 4.69) is 16.7 Å². The van der Waals surface area contributed by atoms with Gasteiger partial charge in [-0.1, -0.05) is 19.1 Å². The number of nitrogens with zero attached hydrogens (tertiary/aromatic N) is 2. The third-order valence-electron chi connectivity index (χ3n) is 3.64. The number of benzene rings is 1. The highest BCUT2D eigenvalue weighted by atomic mass is 32.2. The number of anilines is 1. The van der Waals surface area contributed by atoms with Crippen molar-refractivity contribution in [3.8, 4) is 17.0 Å². The van der Waals surface area contributed by atoms with Crippen molar-refractivity contribution in [2.24, 2.45) is 0 Å². The smallest absolute Gasteiger partial charge is 0.271 e. The first kappa shape index (κ1) is 17.5. The molecule has 0 aliphatic rings. The third-order valence-corrected chi connectivity index (χ3v) is 6.44. The number of rotatable bonds is 7. The molecule has 0 saturated heterocycles. The van der Waals surface area contributed by atoms with Crippen molar-refractivity contribution in [2.75, 3.05) is 11.8 Å². The van der Waals surface area contributed by atoms with Gasteiger partial charge >= 0.3 is 0 Å². The van der Waals surface area contributed by atoms with Crippen molar-refractivity contribution < 1.29 is 13.2 Å². The van der Waals surface area contributed by atoms with Gasteiger partial charge in [0.2, 0.25) is 0 Å². The first-order chi connectivity index (χ1) is 12.0. The minimum atomic E-state index is -3.68. The first-order valence-electron chi connectivity index (χ1n) is 7.81. The van der Waals surface area contributed by atoms with Gasteiger partial charge < -0.3 is 4.74 Å². The molecule has 3 aromatic rings. The Morgan fingerprint density at radius 1 is 1.28 bits per heavy atom. The highest BCUT2D eigenvalue weighted by molar-refractivity contribution is 7.94. The van der Waals surface area contributed by atoms with Gasteiger partial charge in [-0.05, 0) is 30.7 Å². The molecular formula is C17H19N3O3S2. The second-order valence-corrected chi connectivity index (χ2v) is 8.22. The first-order valence-corrected chi connectivity index (χ1v) is 10.2. The summed E-state index contributed by atoms with van der Waals surface area (Å²) >= 11 is 1.18. The molecule has 25 heavy (non-hydrogen) atoms.